The molecule has 3 aromatic rings. The summed E-state index contributed by atoms with van der Waals surface area (Å²) in [5, 5.41) is 15.0. The van der Waals surface area contributed by atoms with Crippen LogP contribution in [0.1, 0.15) is 5.56 Å². The molecule has 0 unspecified atom stereocenters. The summed E-state index contributed by atoms with van der Waals surface area (Å²) in [5.41, 5.74) is 2.17. The highest BCUT2D eigenvalue weighted by atomic mass is 35.5. The molecule has 0 fully saturated rings. The van der Waals surface area contributed by atoms with E-state index in [1.165, 1.54) is 77.0 Å². The Hall–Kier alpha value is -4.56. The van der Waals surface area contributed by atoms with Gasteiger partial charge < -0.3 is 18.9 Å². The summed E-state index contributed by atoms with van der Waals surface area (Å²) in [6, 6.07) is 12.1. The van der Waals surface area contributed by atoms with E-state index in [4.69, 9.17) is 30.5 Å². The van der Waals surface area contributed by atoms with Gasteiger partial charge in [-0.25, -0.2) is 13.8 Å². The molecule has 3 rings (SSSR count). The molecular formula is C25H25ClN4O9S. The van der Waals surface area contributed by atoms with Crippen LogP contribution in [0.3, 0.4) is 0 Å². The number of sulfonamides is 1. The first-order chi connectivity index (χ1) is 19.0. The maximum Gasteiger partial charge on any atom is 0.270 e. The number of carbonyl (C=O) groups excluding carboxylic acids is 1. The van der Waals surface area contributed by atoms with Crippen LogP contribution in [-0.4, -0.2) is 60.4 Å². The zero-order valence-corrected chi connectivity index (χ0v) is 23.4. The average Bonchev–Trinajstić information content (AvgIpc) is 2.95. The highest BCUT2D eigenvalue weighted by molar-refractivity contribution is 7.92. The van der Waals surface area contributed by atoms with Crippen LogP contribution in [0.5, 0.6) is 23.0 Å². The van der Waals surface area contributed by atoms with Crippen molar-refractivity contribution in [2.24, 2.45) is 5.10 Å². The van der Waals surface area contributed by atoms with Crippen LogP contribution in [0.15, 0.2) is 64.6 Å². The van der Waals surface area contributed by atoms with Gasteiger partial charge in [-0.3, -0.25) is 19.2 Å². The monoisotopic (exact) mass is 592 g/mol. The Labute approximate surface area is 235 Å². The number of carbonyl (C=O) groups is 1. The smallest absolute Gasteiger partial charge is 0.270 e. The lowest BCUT2D eigenvalue weighted by Crippen LogP contribution is -2.39. The Bertz CT molecular complexity index is 1550. The van der Waals surface area contributed by atoms with Crippen LogP contribution >= 0.6 is 11.6 Å². The highest BCUT2D eigenvalue weighted by Crippen LogP contribution is 2.37. The van der Waals surface area contributed by atoms with E-state index in [-0.39, 0.29) is 38.4 Å². The number of hydrazone groups is 1. The predicted molar refractivity (Wildman–Crippen MR) is 147 cm³/mol. The molecule has 0 aliphatic heterocycles. The molecule has 0 spiro atoms. The number of methoxy groups -OCH3 is 4. The number of hydrogen-bond acceptors (Lipinski definition) is 10. The molecule has 0 saturated carbocycles. The molecule has 212 valence electrons. The van der Waals surface area contributed by atoms with Gasteiger partial charge in [0.05, 0.1) is 50.2 Å². The Morgan fingerprint density at radius 2 is 1.65 bits per heavy atom. The molecule has 0 bridgehead atoms. The van der Waals surface area contributed by atoms with Crippen LogP contribution < -0.4 is 28.7 Å². The molecule has 0 atom stereocenters. The predicted octanol–water partition coefficient (Wildman–Crippen LogP) is 3.63. The van der Waals surface area contributed by atoms with Crippen molar-refractivity contribution in [3.8, 4) is 23.0 Å². The Balaban J connectivity index is 2.00. The number of nitrogens with zero attached hydrogens (tertiary/aromatic N) is 3. The van der Waals surface area contributed by atoms with Crippen molar-refractivity contribution in [2.45, 2.75) is 4.90 Å². The molecule has 3 aromatic carbocycles. The standard InChI is InChI=1S/C25H25ClN4O9S/c1-36-18-6-9-22(37-2)21(12-18)29(40(34,35)19-7-10-23(38-3)24(13-19)39-4)15-25(31)28-27-14-16-11-17(30(32)33)5-8-20(16)26/h5-14H,15H2,1-4H3,(H,28,31)/b27-14-. The second-order valence-electron chi connectivity index (χ2n) is 7.82. The molecule has 0 heterocycles. The summed E-state index contributed by atoms with van der Waals surface area (Å²) >= 11 is 6.06. The average molecular weight is 593 g/mol. The molecule has 0 radical (unpaired) electrons. The van der Waals surface area contributed by atoms with E-state index in [2.05, 4.69) is 10.5 Å². The van der Waals surface area contributed by atoms with Crippen molar-refractivity contribution in [1.82, 2.24) is 5.43 Å². The van der Waals surface area contributed by atoms with E-state index in [9.17, 15) is 23.3 Å². The summed E-state index contributed by atoms with van der Waals surface area (Å²) in [6.07, 6.45) is 1.10. The number of ether oxygens (including phenoxy) is 4. The van der Waals surface area contributed by atoms with E-state index < -0.39 is 27.4 Å². The number of nitro benzene ring substituents is 1. The lowest BCUT2D eigenvalue weighted by Gasteiger charge is -2.26. The molecule has 1 amide bonds. The van der Waals surface area contributed by atoms with Crippen LogP contribution in [0.4, 0.5) is 11.4 Å². The minimum absolute atomic E-state index is 0.0116. The first-order valence-corrected chi connectivity index (χ1v) is 13.1. The van der Waals surface area contributed by atoms with Crippen molar-refractivity contribution in [3.05, 3.63) is 75.3 Å². The number of amides is 1. The number of hydrogen-bond donors (Lipinski definition) is 1. The van der Waals surface area contributed by atoms with Crippen molar-refractivity contribution in [2.75, 3.05) is 39.3 Å². The van der Waals surface area contributed by atoms with Gasteiger partial charge in [0.2, 0.25) is 0 Å². The van der Waals surface area contributed by atoms with E-state index in [1.54, 1.807) is 6.07 Å². The van der Waals surface area contributed by atoms with Crippen LogP contribution in [0, 0.1) is 10.1 Å². The van der Waals surface area contributed by atoms with Crippen LogP contribution in [0.25, 0.3) is 0 Å². The van der Waals surface area contributed by atoms with E-state index in [0.717, 1.165) is 10.5 Å². The number of benzene rings is 3. The molecular weight excluding hydrogens is 568 g/mol. The van der Waals surface area contributed by atoms with Gasteiger partial charge >= 0.3 is 0 Å². The number of nitro groups is 1. The highest BCUT2D eigenvalue weighted by Gasteiger charge is 2.31. The Kier molecular flexibility index (Phi) is 9.74. The van der Waals surface area contributed by atoms with Gasteiger partial charge in [-0.2, -0.15) is 5.10 Å². The third-order valence-electron chi connectivity index (χ3n) is 5.47. The van der Waals surface area contributed by atoms with Gasteiger partial charge in [0.25, 0.3) is 21.6 Å². The SMILES string of the molecule is COc1ccc(OC)c(N(CC(=O)N/N=C\c2cc([N+](=O)[O-])ccc2Cl)S(=O)(=O)c2ccc(OC)c(OC)c2)c1. The van der Waals surface area contributed by atoms with Crippen molar-refractivity contribution in [3.63, 3.8) is 0 Å². The zero-order chi connectivity index (χ0) is 29.4. The fraction of sp³-hybridized carbons (Fsp3) is 0.200. The van der Waals surface area contributed by atoms with Crippen LogP contribution in [0.2, 0.25) is 5.02 Å². The third-order valence-corrected chi connectivity index (χ3v) is 7.57. The first kappa shape index (κ1) is 30.0. The minimum Gasteiger partial charge on any atom is -0.497 e. The van der Waals surface area contributed by atoms with Crippen molar-refractivity contribution < 1.29 is 37.1 Å². The fourth-order valence-corrected chi connectivity index (χ4v) is 5.08. The molecule has 40 heavy (non-hydrogen) atoms. The lowest BCUT2D eigenvalue weighted by molar-refractivity contribution is -0.384. The number of rotatable bonds is 12. The number of non-ortho nitro benzene ring substituents is 1. The Morgan fingerprint density at radius 1 is 0.975 bits per heavy atom. The van der Waals surface area contributed by atoms with Gasteiger partial charge in [-0.05, 0) is 30.3 Å². The molecule has 15 heteroatoms. The largest absolute Gasteiger partial charge is 0.497 e. The minimum atomic E-state index is -4.41. The molecule has 0 aliphatic rings. The molecule has 13 nitrogen and oxygen atoms in total. The number of nitrogens with one attached hydrogen (secondary N) is 1. The zero-order valence-electron chi connectivity index (χ0n) is 21.8. The second kappa shape index (κ2) is 13.0. The van der Waals surface area contributed by atoms with Crippen molar-refractivity contribution >= 4 is 45.1 Å². The molecule has 0 aromatic heterocycles. The van der Waals surface area contributed by atoms with Gasteiger partial charge in [-0.15, -0.1) is 0 Å². The van der Waals surface area contributed by atoms with E-state index in [1.807, 2.05) is 0 Å². The Morgan fingerprint density at radius 3 is 2.27 bits per heavy atom. The maximum atomic E-state index is 13.9. The number of halogens is 1. The van der Waals surface area contributed by atoms with E-state index >= 15 is 0 Å². The van der Waals surface area contributed by atoms with Crippen LogP contribution in [-0.2, 0) is 14.8 Å². The third kappa shape index (κ3) is 6.71. The molecule has 0 aliphatic carbocycles. The van der Waals surface area contributed by atoms with Gasteiger partial charge in [-0.1, -0.05) is 11.6 Å². The summed E-state index contributed by atoms with van der Waals surface area (Å²) in [4.78, 5) is 23.2. The summed E-state index contributed by atoms with van der Waals surface area (Å²) in [5.74, 6) is 0.0705. The molecule has 0 saturated heterocycles. The molecule has 1 N–H and O–H groups in total. The van der Waals surface area contributed by atoms with Gasteiger partial charge in [0.15, 0.2) is 11.5 Å². The summed E-state index contributed by atoms with van der Waals surface area (Å²) < 4.78 is 49.6. The van der Waals surface area contributed by atoms with Crippen molar-refractivity contribution in [1.29, 1.82) is 0 Å². The topological polar surface area (TPSA) is 159 Å². The quantitative estimate of drug-likeness (QED) is 0.188. The first-order valence-electron chi connectivity index (χ1n) is 11.3. The number of anilines is 1. The van der Waals surface area contributed by atoms with Gasteiger partial charge in [0.1, 0.15) is 18.0 Å². The second-order valence-corrected chi connectivity index (χ2v) is 10.1. The summed E-state index contributed by atoms with van der Waals surface area (Å²) in [6.45, 7) is -0.736. The maximum absolute atomic E-state index is 13.9. The summed E-state index contributed by atoms with van der Waals surface area (Å²) in [7, 11) is 1.10. The lowest BCUT2D eigenvalue weighted by atomic mass is 10.2. The normalized spacial score (nSPS) is 11.1. The van der Waals surface area contributed by atoms with E-state index in [0.29, 0.717) is 11.5 Å². The van der Waals surface area contributed by atoms with Gasteiger partial charge in [0, 0.05) is 34.9 Å². The fourth-order valence-electron chi connectivity index (χ4n) is 3.48.